The fourth-order valence-corrected chi connectivity index (χ4v) is 3.37. The zero-order valence-corrected chi connectivity index (χ0v) is 12.0. The van der Waals surface area contributed by atoms with Gasteiger partial charge in [0.15, 0.2) is 5.78 Å². The highest BCUT2D eigenvalue weighted by molar-refractivity contribution is 6.03. The molecular weight excluding hydrogens is 244 g/mol. The molecule has 0 saturated heterocycles. The van der Waals surface area contributed by atoms with E-state index in [1.807, 2.05) is 24.3 Å². The standard InChI is InChI=1S/C19H20O/c1-13(15-8-4-3-5-9-15)12-18-14(2)16-10-6-7-11-17(16)19(18)20/h3-11,13-14,18H,12H2,1-2H3. The predicted octanol–water partition coefficient (Wildman–Crippen LogP) is 4.80. The Morgan fingerprint density at radius 3 is 2.35 bits per heavy atom. The first kappa shape index (κ1) is 13.1. The molecule has 0 bridgehead atoms. The van der Waals surface area contributed by atoms with Crippen molar-refractivity contribution in [3.8, 4) is 0 Å². The van der Waals surface area contributed by atoms with E-state index in [9.17, 15) is 4.79 Å². The molecule has 2 aromatic rings. The molecule has 0 radical (unpaired) electrons. The van der Waals surface area contributed by atoms with Crippen molar-refractivity contribution in [3.05, 3.63) is 71.3 Å². The second kappa shape index (κ2) is 5.24. The zero-order valence-electron chi connectivity index (χ0n) is 12.0. The Labute approximate surface area is 120 Å². The van der Waals surface area contributed by atoms with Gasteiger partial charge >= 0.3 is 0 Å². The van der Waals surface area contributed by atoms with Gasteiger partial charge in [0.05, 0.1) is 0 Å². The molecule has 3 atom stereocenters. The van der Waals surface area contributed by atoms with Crippen LogP contribution >= 0.6 is 0 Å². The van der Waals surface area contributed by atoms with Gasteiger partial charge in [-0.1, -0.05) is 68.4 Å². The van der Waals surface area contributed by atoms with Gasteiger partial charge < -0.3 is 0 Å². The fraction of sp³-hybridized carbons (Fsp3) is 0.316. The van der Waals surface area contributed by atoms with Gasteiger partial charge in [-0.25, -0.2) is 0 Å². The Morgan fingerprint density at radius 1 is 1.00 bits per heavy atom. The molecule has 3 rings (SSSR count). The van der Waals surface area contributed by atoms with Crippen LogP contribution in [0.4, 0.5) is 0 Å². The lowest BCUT2D eigenvalue weighted by atomic mass is 9.83. The van der Waals surface area contributed by atoms with E-state index in [0.29, 0.717) is 17.6 Å². The van der Waals surface area contributed by atoms with Crippen molar-refractivity contribution in [1.82, 2.24) is 0 Å². The van der Waals surface area contributed by atoms with Crippen molar-refractivity contribution in [3.63, 3.8) is 0 Å². The van der Waals surface area contributed by atoms with Gasteiger partial charge in [-0.2, -0.15) is 0 Å². The lowest BCUT2D eigenvalue weighted by Crippen LogP contribution is -2.15. The van der Waals surface area contributed by atoms with Crippen LogP contribution in [-0.4, -0.2) is 5.78 Å². The van der Waals surface area contributed by atoms with Crippen LogP contribution in [0.5, 0.6) is 0 Å². The number of ketones is 1. The second-order valence-electron chi connectivity index (χ2n) is 5.89. The first-order valence-electron chi connectivity index (χ1n) is 7.36. The minimum absolute atomic E-state index is 0.127. The van der Waals surface area contributed by atoms with Crippen LogP contribution in [0.25, 0.3) is 0 Å². The quantitative estimate of drug-likeness (QED) is 0.778. The number of hydrogen-bond acceptors (Lipinski definition) is 1. The predicted molar refractivity (Wildman–Crippen MR) is 82.2 cm³/mol. The number of carbonyl (C=O) groups is 1. The van der Waals surface area contributed by atoms with Gasteiger partial charge in [0.25, 0.3) is 0 Å². The van der Waals surface area contributed by atoms with Crippen molar-refractivity contribution in [2.75, 3.05) is 0 Å². The number of hydrogen-bond donors (Lipinski definition) is 0. The molecule has 0 amide bonds. The van der Waals surface area contributed by atoms with Crippen molar-refractivity contribution in [1.29, 1.82) is 0 Å². The number of fused-ring (bicyclic) bond motifs is 1. The van der Waals surface area contributed by atoms with Crippen LogP contribution in [-0.2, 0) is 0 Å². The summed E-state index contributed by atoms with van der Waals surface area (Å²) in [4.78, 5) is 12.6. The number of carbonyl (C=O) groups excluding carboxylic acids is 1. The van der Waals surface area contributed by atoms with E-state index >= 15 is 0 Å². The van der Waals surface area contributed by atoms with E-state index in [4.69, 9.17) is 0 Å². The molecule has 0 saturated carbocycles. The second-order valence-corrected chi connectivity index (χ2v) is 5.89. The maximum atomic E-state index is 12.6. The van der Waals surface area contributed by atoms with E-state index in [-0.39, 0.29) is 5.92 Å². The summed E-state index contributed by atoms with van der Waals surface area (Å²) in [5, 5.41) is 0. The van der Waals surface area contributed by atoms with Crippen molar-refractivity contribution in [2.45, 2.75) is 32.1 Å². The van der Waals surface area contributed by atoms with E-state index < -0.39 is 0 Å². The molecule has 1 aliphatic rings. The average Bonchev–Trinajstić information content (AvgIpc) is 2.74. The third-order valence-corrected chi connectivity index (χ3v) is 4.63. The topological polar surface area (TPSA) is 17.1 Å². The summed E-state index contributed by atoms with van der Waals surface area (Å²) in [5.41, 5.74) is 3.48. The maximum Gasteiger partial charge on any atom is 0.166 e. The molecule has 0 aromatic heterocycles. The summed E-state index contributed by atoms with van der Waals surface area (Å²) in [6.07, 6.45) is 0.929. The molecule has 0 heterocycles. The molecular formula is C19H20O. The molecule has 1 heteroatoms. The van der Waals surface area contributed by atoms with Crippen LogP contribution < -0.4 is 0 Å². The number of Topliss-reactive ketones (excluding diaryl/α,β-unsaturated/α-hetero) is 1. The van der Waals surface area contributed by atoms with Crippen LogP contribution in [0.15, 0.2) is 54.6 Å². The largest absolute Gasteiger partial charge is 0.294 e. The van der Waals surface area contributed by atoms with E-state index in [2.05, 4.69) is 44.2 Å². The molecule has 0 fully saturated rings. The highest BCUT2D eigenvalue weighted by Gasteiger charge is 2.37. The van der Waals surface area contributed by atoms with E-state index in [1.165, 1.54) is 11.1 Å². The smallest absolute Gasteiger partial charge is 0.166 e. The lowest BCUT2D eigenvalue weighted by molar-refractivity contribution is 0.0915. The molecule has 0 spiro atoms. The third-order valence-electron chi connectivity index (χ3n) is 4.63. The molecule has 0 N–H and O–H groups in total. The monoisotopic (exact) mass is 264 g/mol. The van der Waals surface area contributed by atoms with Gasteiger partial charge in [-0.15, -0.1) is 0 Å². The summed E-state index contributed by atoms with van der Waals surface area (Å²) in [5.74, 6) is 1.21. The Hall–Kier alpha value is -1.89. The molecule has 102 valence electrons. The number of benzene rings is 2. The van der Waals surface area contributed by atoms with Crippen LogP contribution in [0.3, 0.4) is 0 Å². The number of rotatable bonds is 3. The van der Waals surface area contributed by atoms with Gasteiger partial charge in [0, 0.05) is 11.5 Å². The van der Waals surface area contributed by atoms with Crippen molar-refractivity contribution in [2.24, 2.45) is 5.92 Å². The zero-order chi connectivity index (χ0) is 14.1. The van der Waals surface area contributed by atoms with Crippen LogP contribution in [0.2, 0.25) is 0 Å². The first-order chi connectivity index (χ1) is 9.68. The van der Waals surface area contributed by atoms with Gasteiger partial charge in [-0.3, -0.25) is 4.79 Å². The average molecular weight is 264 g/mol. The summed E-state index contributed by atoms with van der Waals surface area (Å²) in [7, 11) is 0. The molecule has 3 unspecified atom stereocenters. The Morgan fingerprint density at radius 2 is 1.65 bits per heavy atom. The maximum absolute atomic E-state index is 12.6. The Balaban J connectivity index is 1.82. The highest BCUT2D eigenvalue weighted by Crippen LogP contribution is 2.42. The van der Waals surface area contributed by atoms with E-state index in [1.54, 1.807) is 0 Å². The molecule has 20 heavy (non-hydrogen) atoms. The first-order valence-corrected chi connectivity index (χ1v) is 7.36. The van der Waals surface area contributed by atoms with Crippen LogP contribution in [0.1, 0.15) is 53.6 Å². The van der Waals surface area contributed by atoms with Gasteiger partial charge in [-0.05, 0) is 29.4 Å². The Bertz CT molecular complexity index is 615. The summed E-state index contributed by atoms with van der Waals surface area (Å²) >= 11 is 0. The molecule has 1 aliphatic carbocycles. The van der Waals surface area contributed by atoms with Gasteiger partial charge in [0.1, 0.15) is 0 Å². The SMILES string of the molecule is CC(CC1C(=O)c2ccccc2C1C)c1ccccc1. The van der Waals surface area contributed by atoms with Crippen molar-refractivity contribution < 1.29 is 4.79 Å². The van der Waals surface area contributed by atoms with Crippen molar-refractivity contribution >= 4 is 5.78 Å². The lowest BCUT2D eigenvalue weighted by Gasteiger charge is -2.19. The van der Waals surface area contributed by atoms with Crippen LogP contribution in [0, 0.1) is 5.92 Å². The third kappa shape index (κ3) is 2.18. The fourth-order valence-electron chi connectivity index (χ4n) is 3.37. The molecule has 2 aromatic carbocycles. The normalized spacial score (nSPS) is 22.6. The minimum atomic E-state index is 0.127. The highest BCUT2D eigenvalue weighted by atomic mass is 16.1. The Kier molecular flexibility index (Phi) is 3.43. The summed E-state index contributed by atoms with van der Waals surface area (Å²) in [6.45, 7) is 4.41. The van der Waals surface area contributed by atoms with E-state index in [0.717, 1.165) is 12.0 Å². The van der Waals surface area contributed by atoms with Gasteiger partial charge in [0.2, 0.25) is 0 Å². The minimum Gasteiger partial charge on any atom is -0.294 e. The molecule has 0 aliphatic heterocycles. The molecule has 1 nitrogen and oxygen atoms in total. The summed E-state index contributed by atoms with van der Waals surface area (Å²) < 4.78 is 0. The summed E-state index contributed by atoms with van der Waals surface area (Å²) in [6, 6.07) is 18.6.